The smallest absolute Gasteiger partial charge is 0.0320 e. The third-order valence-corrected chi connectivity index (χ3v) is 3.02. The van der Waals surface area contributed by atoms with Crippen molar-refractivity contribution >= 4 is 0 Å². The molecule has 0 aromatic carbocycles. The van der Waals surface area contributed by atoms with Crippen LogP contribution in [0.1, 0.15) is 53.4 Å². The first-order chi connectivity index (χ1) is 7.22. The molecule has 0 saturated carbocycles. The molecular weight excluding hydrogens is 184 g/mol. The predicted molar refractivity (Wildman–Crippen MR) is 69.4 cm³/mol. The maximum Gasteiger partial charge on any atom is 0.0320 e. The topological polar surface area (TPSA) is 15.3 Å². The van der Waals surface area contributed by atoms with Crippen molar-refractivity contribution in [1.82, 2.24) is 10.2 Å². The molecule has 0 amide bonds. The molecule has 0 aliphatic carbocycles. The summed E-state index contributed by atoms with van der Waals surface area (Å²) >= 11 is 0. The van der Waals surface area contributed by atoms with Gasteiger partial charge in [-0.2, -0.15) is 0 Å². The Morgan fingerprint density at radius 2 is 1.87 bits per heavy atom. The van der Waals surface area contributed by atoms with Gasteiger partial charge < -0.3 is 10.2 Å². The maximum atomic E-state index is 3.73. The van der Waals surface area contributed by atoms with Crippen LogP contribution in [0, 0.1) is 0 Å². The first-order valence-corrected chi connectivity index (χ1v) is 6.66. The summed E-state index contributed by atoms with van der Waals surface area (Å²) in [4.78, 5) is 2.44. The molecule has 1 unspecified atom stereocenters. The molecule has 2 heteroatoms. The number of nitrogens with one attached hydrogen (secondary N) is 1. The van der Waals surface area contributed by atoms with Gasteiger partial charge in [-0.3, -0.25) is 0 Å². The lowest BCUT2D eigenvalue weighted by molar-refractivity contribution is 0.291. The minimum absolute atomic E-state index is 0.444. The number of nitrogens with zero attached hydrogens (tertiary/aromatic N) is 1. The first kappa shape index (κ1) is 14.9. The van der Waals surface area contributed by atoms with Gasteiger partial charge >= 0.3 is 0 Å². The molecule has 0 aromatic heterocycles. The molecule has 0 spiro atoms. The summed E-state index contributed by atoms with van der Waals surface area (Å²) in [6.45, 7) is 12.2. The normalized spacial score (nSPS) is 26.2. The Morgan fingerprint density at radius 3 is 2.27 bits per heavy atom. The lowest BCUT2D eigenvalue weighted by Gasteiger charge is -2.30. The van der Waals surface area contributed by atoms with Gasteiger partial charge in [0.25, 0.3) is 0 Å². The number of hydrogen-bond acceptors (Lipinski definition) is 2. The third-order valence-electron chi connectivity index (χ3n) is 3.02. The molecule has 0 radical (unpaired) electrons. The zero-order valence-corrected chi connectivity index (χ0v) is 11.4. The number of likely N-dealkylation sites (tertiary alicyclic amines) is 1. The zero-order chi connectivity index (χ0) is 11.7. The highest BCUT2D eigenvalue weighted by molar-refractivity contribution is 4.95. The zero-order valence-electron chi connectivity index (χ0n) is 11.4. The van der Waals surface area contributed by atoms with Crippen LogP contribution >= 0.6 is 0 Å². The van der Waals surface area contributed by atoms with Gasteiger partial charge in [0.1, 0.15) is 0 Å². The standard InChI is InChI=1S/C11H24N2.C2H6/c1-4-6-11(12-8-5-2)7-9-13(3)10-11;1-2/h12H,4-10H2,1-3H3;1-2H3. The van der Waals surface area contributed by atoms with Crippen molar-refractivity contribution in [2.24, 2.45) is 0 Å². The van der Waals surface area contributed by atoms with Crippen molar-refractivity contribution in [3.63, 3.8) is 0 Å². The Balaban J connectivity index is 0.000000921. The van der Waals surface area contributed by atoms with Crippen LogP contribution in [0.4, 0.5) is 0 Å². The van der Waals surface area contributed by atoms with E-state index < -0.39 is 0 Å². The fraction of sp³-hybridized carbons (Fsp3) is 1.00. The molecule has 15 heavy (non-hydrogen) atoms. The lowest BCUT2D eigenvalue weighted by Crippen LogP contribution is -2.47. The minimum atomic E-state index is 0.444. The van der Waals surface area contributed by atoms with E-state index in [9.17, 15) is 0 Å². The monoisotopic (exact) mass is 214 g/mol. The molecular formula is C13H30N2. The van der Waals surface area contributed by atoms with Crippen LogP contribution in [0.3, 0.4) is 0 Å². The van der Waals surface area contributed by atoms with Gasteiger partial charge in [0.2, 0.25) is 0 Å². The molecule has 1 rings (SSSR count). The summed E-state index contributed by atoms with van der Waals surface area (Å²) in [5, 5.41) is 3.73. The predicted octanol–water partition coefficient (Wildman–Crippen LogP) is 2.89. The quantitative estimate of drug-likeness (QED) is 0.757. The third kappa shape index (κ3) is 4.98. The van der Waals surface area contributed by atoms with E-state index in [-0.39, 0.29) is 0 Å². The van der Waals surface area contributed by atoms with Gasteiger partial charge in [0.15, 0.2) is 0 Å². The number of likely N-dealkylation sites (N-methyl/N-ethyl adjacent to an activating group) is 1. The molecule has 92 valence electrons. The Bertz CT molecular complexity index is 143. The number of hydrogen-bond donors (Lipinski definition) is 1. The summed E-state index contributed by atoms with van der Waals surface area (Å²) in [5.41, 5.74) is 0.444. The molecule has 1 N–H and O–H groups in total. The van der Waals surface area contributed by atoms with Gasteiger partial charge in [-0.25, -0.2) is 0 Å². The molecule has 0 aromatic rings. The van der Waals surface area contributed by atoms with Crippen molar-refractivity contribution in [2.45, 2.75) is 58.9 Å². The van der Waals surface area contributed by atoms with Gasteiger partial charge in [0.05, 0.1) is 0 Å². The van der Waals surface area contributed by atoms with Crippen molar-refractivity contribution in [3.05, 3.63) is 0 Å². The highest BCUT2D eigenvalue weighted by Gasteiger charge is 2.34. The molecule has 2 nitrogen and oxygen atoms in total. The second kappa shape index (κ2) is 8.12. The SMILES string of the molecule is CC.CCCNC1(CCC)CCN(C)C1. The fourth-order valence-electron chi connectivity index (χ4n) is 2.39. The Hall–Kier alpha value is -0.0800. The van der Waals surface area contributed by atoms with E-state index in [0.717, 1.165) is 0 Å². The summed E-state index contributed by atoms with van der Waals surface area (Å²) < 4.78 is 0. The van der Waals surface area contributed by atoms with E-state index in [2.05, 4.69) is 31.1 Å². The summed E-state index contributed by atoms with van der Waals surface area (Å²) in [6.07, 6.45) is 5.20. The Labute approximate surface area is 96.4 Å². The second-order valence-corrected chi connectivity index (χ2v) is 4.44. The van der Waals surface area contributed by atoms with Crippen molar-refractivity contribution in [2.75, 3.05) is 26.7 Å². The van der Waals surface area contributed by atoms with E-state index in [4.69, 9.17) is 0 Å². The minimum Gasteiger partial charge on any atom is -0.310 e. The maximum absolute atomic E-state index is 3.73. The van der Waals surface area contributed by atoms with Gasteiger partial charge in [-0.1, -0.05) is 34.1 Å². The highest BCUT2D eigenvalue weighted by Crippen LogP contribution is 2.24. The molecule has 1 heterocycles. The average Bonchev–Trinajstić information content (AvgIpc) is 2.61. The van der Waals surface area contributed by atoms with Crippen LogP contribution < -0.4 is 5.32 Å². The first-order valence-electron chi connectivity index (χ1n) is 6.66. The fourth-order valence-corrected chi connectivity index (χ4v) is 2.39. The molecule has 0 bridgehead atoms. The van der Waals surface area contributed by atoms with E-state index in [1.165, 1.54) is 45.3 Å². The average molecular weight is 214 g/mol. The molecule has 1 atom stereocenters. The second-order valence-electron chi connectivity index (χ2n) is 4.44. The van der Waals surface area contributed by atoms with Gasteiger partial charge in [-0.05, 0) is 39.4 Å². The van der Waals surface area contributed by atoms with E-state index in [0.29, 0.717) is 5.54 Å². The van der Waals surface area contributed by atoms with Crippen LogP contribution in [0.15, 0.2) is 0 Å². The van der Waals surface area contributed by atoms with Crippen LogP contribution in [0.5, 0.6) is 0 Å². The summed E-state index contributed by atoms with van der Waals surface area (Å²) in [7, 11) is 2.23. The Morgan fingerprint density at radius 1 is 1.20 bits per heavy atom. The van der Waals surface area contributed by atoms with E-state index in [1.807, 2.05) is 13.8 Å². The lowest BCUT2D eigenvalue weighted by atomic mass is 9.92. The molecule has 1 aliphatic heterocycles. The van der Waals surface area contributed by atoms with E-state index in [1.54, 1.807) is 0 Å². The van der Waals surface area contributed by atoms with Crippen LogP contribution in [0.2, 0.25) is 0 Å². The van der Waals surface area contributed by atoms with Crippen LogP contribution in [0.25, 0.3) is 0 Å². The van der Waals surface area contributed by atoms with Crippen molar-refractivity contribution in [3.8, 4) is 0 Å². The van der Waals surface area contributed by atoms with Crippen molar-refractivity contribution in [1.29, 1.82) is 0 Å². The molecule has 1 aliphatic rings. The Kier molecular flexibility index (Phi) is 8.07. The largest absolute Gasteiger partial charge is 0.310 e. The molecule has 1 saturated heterocycles. The summed E-state index contributed by atoms with van der Waals surface area (Å²) in [5.74, 6) is 0. The summed E-state index contributed by atoms with van der Waals surface area (Å²) in [6, 6.07) is 0. The van der Waals surface area contributed by atoms with Crippen LogP contribution in [-0.4, -0.2) is 37.1 Å². The number of rotatable bonds is 5. The van der Waals surface area contributed by atoms with E-state index >= 15 is 0 Å². The van der Waals surface area contributed by atoms with Crippen molar-refractivity contribution < 1.29 is 0 Å². The molecule has 1 fully saturated rings. The van der Waals surface area contributed by atoms with Crippen LogP contribution in [-0.2, 0) is 0 Å². The highest BCUT2D eigenvalue weighted by atomic mass is 15.2. The van der Waals surface area contributed by atoms with Gasteiger partial charge in [0, 0.05) is 12.1 Å². The van der Waals surface area contributed by atoms with Gasteiger partial charge in [-0.15, -0.1) is 0 Å².